The summed E-state index contributed by atoms with van der Waals surface area (Å²) in [5.74, 6) is 0.897. The average molecular weight is 440 g/mol. The van der Waals surface area contributed by atoms with Crippen LogP contribution in [0.3, 0.4) is 0 Å². The number of likely N-dealkylation sites (N-methyl/N-ethyl adjacent to an activating group) is 1. The number of piperazine rings is 1. The third-order valence-electron chi connectivity index (χ3n) is 5.89. The maximum Gasteiger partial charge on any atom is 0.260 e. The summed E-state index contributed by atoms with van der Waals surface area (Å²) in [4.78, 5) is 40.0. The molecule has 0 bridgehead atoms. The van der Waals surface area contributed by atoms with E-state index in [2.05, 4.69) is 14.8 Å². The molecule has 7 nitrogen and oxygen atoms in total. The number of H-pyrrole nitrogens is 1. The number of benzene rings is 1. The van der Waals surface area contributed by atoms with Crippen LogP contribution >= 0.6 is 11.3 Å². The zero-order chi connectivity index (χ0) is 21.8. The number of aromatic nitrogens is 2. The normalized spacial score (nSPS) is 15.4. The summed E-state index contributed by atoms with van der Waals surface area (Å²) in [5, 5.41) is 2.68. The van der Waals surface area contributed by atoms with Gasteiger partial charge in [-0.15, -0.1) is 11.3 Å². The van der Waals surface area contributed by atoms with Crippen LogP contribution in [0.1, 0.15) is 19.7 Å². The van der Waals surface area contributed by atoms with Gasteiger partial charge in [0.2, 0.25) is 5.91 Å². The average Bonchev–Trinajstić information content (AvgIpc) is 3.21. The van der Waals surface area contributed by atoms with E-state index in [1.54, 1.807) is 0 Å². The van der Waals surface area contributed by atoms with Crippen LogP contribution in [0.4, 0.5) is 0 Å². The molecule has 3 heterocycles. The van der Waals surface area contributed by atoms with Gasteiger partial charge in [-0.2, -0.15) is 0 Å². The lowest BCUT2D eigenvalue weighted by Crippen LogP contribution is -2.49. The number of fused-ring (bicyclic) bond motifs is 1. The van der Waals surface area contributed by atoms with Crippen molar-refractivity contribution in [2.45, 2.75) is 20.4 Å². The summed E-state index contributed by atoms with van der Waals surface area (Å²) in [7, 11) is 0. The van der Waals surface area contributed by atoms with E-state index in [0.29, 0.717) is 24.3 Å². The Bertz CT molecular complexity index is 1080. The van der Waals surface area contributed by atoms with Gasteiger partial charge in [-0.25, -0.2) is 4.98 Å². The molecule has 0 radical (unpaired) electrons. The quantitative estimate of drug-likeness (QED) is 0.613. The highest BCUT2D eigenvalue weighted by Gasteiger charge is 2.22. The topological polar surface area (TPSA) is 72.5 Å². The molecule has 2 aromatic heterocycles. The number of thiophene rings is 1. The molecule has 0 spiro atoms. The summed E-state index contributed by atoms with van der Waals surface area (Å²) in [5.41, 5.74) is 1.89. The molecule has 1 aliphatic heterocycles. The highest BCUT2D eigenvalue weighted by Crippen LogP contribution is 2.30. The molecule has 1 aliphatic rings. The Kier molecular flexibility index (Phi) is 6.80. The van der Waals surface area contributed by atoms with Crippen LogP contribution < -0.4 is 5.56 Å². The Balaban J connectivity index is 1.40. The van der Waals surface area contributed by atoms with Crippen LogP contribution in [-0.4, -0.2) is 76.4 Å². The van der Waals surface area contributed by atoms with Crippen LogP contribution in [0.25, 0.3) is 21.3 Å². The molecular weight excluding hydrogens is 410 g/mol. The first-order valence-corrected chi connectivity index (χ1v) is 11.7. The zero-order valence-electron chi connectivity index (χ0n) is 18.1. The summed E-state index contributed by atoms with van der Waals surface area (Å²) < 4.78 is 0. The van der Waals surface area contributed by atoms with E-state index >= 15 is 0 Å². The Morgan fingerprint density at radius 2 is 1.77 bits per heavy atom. The van der Waals surface area contributed by atoms with Gasteiger partial charge in [0.05, 0.1) is 18.5 Å². The molecule has 31 heavy (non-hydrogen) atoms. The third kappa shape index (κ3) is 4.87. The zero-order valence-corrected chi connectivity index (χ0v) is 19.0. The van der Waals surface area contributed by atoms with Crippen molar-refractivity contribution >= 4 is 27.5 Å². The van der Waals surface area contributed by atoms with E-state index in [0.717, 1.165) is 55.2 Å². The molecule has 164 valence electrons. The summed E-state index contributed by atoms with van der Waals surface area (Å²) >= 11 is 1.51. The monoisotopic (exact) mass is 439 g/mol. The maximum atomic E-state index is 12.8. The molecule has 3 aromatic rings. The van der Waals surface area contributed by atoms with Gasteiger partial charge in [0.25, 0.3) is 5.56 Å². The van der Waals surface area contributed by atoms with Gasteiger partial charge in [0.15, 0.2) is 0 Å². The highest BCUT2D eigenvalue weighted by atomic mass is 32.1. The second-order valence-electron chi connectivity index (χ2n) is 7.83. The van der Waals surface area contributed by atoms with Gasteiger partial charge in [-0.05, 0) is 19.4 Å². The lowest BCUT2D eigenvalue weighted by molar-refractivity contribution is -0.132. The van der Waals surface area contributed by atoms with Gasteiger partial charge in [0, 0.05) is 50.2 Å². The minimum atomic E-state index is -0.0800. The lowest BCUT2D eigenvalue weighted by Gasteiger charge is -2.34. The molecule has 1 amide bonds. The number of rotatable bonds is 7. The first-order chi connectivity index (χ1) is 15.1. The first-order valence-electron chi connectivity index (χ1n) is 10.9. The van der Waals surface area contributed by atoms with E-state index < -0.39 is 0 Å². The van der Waals surface area contributed by atoms with Crippen molar-refractivity contribution in [1.82, 2.24) is 24.7 Å². The third-order valence-corrected chi connectivity index (χ3v) is 6.76. The van der Waals surface area contributed by atoms with Crippen molar-refractivity contribution in [1.29, 1.82) is 0 Å². The van der Waals surface area contributed by atoms with Crippen molar-refractivity contribution in [2.75, 3.05) is 45.8 Å². The van der Waals surface area contributed by atoms with Crippen LogP contribution in [0, 0.1) is 0 Å². The molecule has 1 aromatic carbocycles. The largest absolute Gasteiger partial charge is 0.342 e. The Labute approximate surface area is 186 Å². The summed E-state index contributed by atoms with van der Waals surface area (Å²) in [6, 6.07) is 9.95. The van der Waals surface area contributed by atoms with Gasteiger partial charge in [0.1, 0.15) is 10.7 Å². The Morgan fingerprint density at radius 3 is 2.45 bits per heavy atom. The Hall–Kier alpha value is -2.55. The molecule has 1 N–H and O–H groups in total. The molecule has 1 fully saturated rings. The minimum Gasteiger partial charge on any atom is -0.342 e. The van der Waals surface area contributed by atoms with Crippen LogP contribution in [0.5, 0.6) is 0 Å². The van der Waals surface area contributed by atoms with E-state index in [9.17, 15) is 9.59 Å². The predicted molar refractivity (Wildman–Crippen MR) is 125 cm³/mol. The molecule has 1 saturated heterocycles. The summed E-state index contributed by atoms with van der Waals surface area (Å²) in [6.07, 6.45) is 0. The molecule has 0 aliphatic carbocycles. The van der Waals surface area contributed by atoms with Crippen molar-refractivity contribution in [2.24, 2.45) is 0 Å². The number of nitrogens with one attached hydrogen (secondary N) is 1. The molecule has 0 saturated carbocycles. The van der Waals surface area contributed by atoms with Gasteiger partial charge in [-0.1, -0.05) is 30.3 Å². The number of amides is 1. The van der Waals surface area contributed by atoms with Crippen LogP contribution in [0.15, 0.2) is 40.5 Å². The Morgan fingerprint density at radius 1 is 1.10 bits per heavy atom. The first kappa shape index (κ1) is 21.7. The van der Waals surface area contributed by atoms with E-state index in [1.807, 2.05) is 54.5 Å². The molecule has 0 unspecified atom stereocenters. The van der Waals surface area contributed by atoms with Gasteiger partial charge >= 0.3 is 0 Å². The fourth-order valence-electron chi connectivity index (χ4n) is 4.08. The SMILES string of the molecule is CCN(CC)C(=O)CN1CCN(Cc2nc3scc(-c4ccccc4)c3c(=O)[nH]2)CC1. The smallest absolute Gasteiger partial charge is 0.260 e. The number of hydrogen-bond donors (Lipinski definition) is 1. The minimum absolute atomic E-state index is 0.0800. The molecular formula is C23H29N5O2S. The van der Waals surface area contributed by atoms with Crippen LogP contribution in [0.2, 0.25) is 0 Å². The fourth-order valence-corrected chi connectivity index (χ4v) is 5.05. The predicted octanol–water partition coefficient (Wildman–Crippen LogP) is 2.64. The van der Waals surface area contributed by atoms with Crippen molar-refractivity contribution in [3.8, 4) is 11.1 Å². The van der Waals surface area contributed by atoms with Crippen molar-refractivity contribution < 1.29 is 4.79 Å². The molecule has 0 atom stereocenters. The van der Waals surface area contributed by atoms with Crippen molar-refractivity contribution in [3.05, 3.63) is 51.9 Å². The van der Waals surface area contributed by atoms with Gasteiger partial charge in [-0.3, -0.25) is 19.4 Å². The van der Waals surface area contributed by atoms with Crippen molar-refractivity contribution in [3.63, 3.8) is 0 Å². The number of aromatic amines is 1. The van der Waals surface area contributed by atoms with E-state index in [4.69, 9.17) is 4.98 Å². The fraction of sp³-hybridized carbons (Fsp3) is 0.435. The maximum absolute atomic E-state index is 12.8. The highest BCUT2D eigenvalue weighted by molar-refractivity contribution is 7.17. The number of nitrogens with zero attached hydrogens (tertiary/aromatic N) is 4. The second kappa shape index (κ2) is 9.72. The summed E-state index contributed by atoms with van der Waals surface area (Å²) in [6.45, 7) is 10.0. The second-order valence-corrected chi connectivity index (χ2v) is 8.68. The van der Waals surface area contributed by atoms with E-state index in [-0.39, 0.29) is 11.5 Å². The van der Waals surface area contributed by atoms with E-state index in [1.165, 1.54) is 11.3 Å². The lowest BCUT2D eigenvalue weighted by atomic mass is 10.1. The number of carbonyl (C=O) groups is 1. The molecule has 4 rings (SSSR count). The number of hydrogen-bond acceptors (Lipinski definition) is 6. The standard InChI is InChI=1S/C23H29N5O2S/c1-3-28(4-2)20(29)15-27-12-10-26(11-13-27)14-19-24-22(30)21-18(16-31-23(21)25-19)17-8-6-5-7-9-17/h5-9,16H,3-4,10-15H2,1-2H3,(H,24,25,30). The number of carbonyl (C=O) groups excluding carboxylic acids is 1. The molecule has 8 heteroatoms. The van der Waals surface area contributed by atoms with Crippen LogP contribution in [-0.2, 0) is 11.3 Å². The van der Waals surface area contributed by atoms with Gasteiger partial charge < -0.3 is 9.88 Å².